The molecule has 4 rings (SSSR count). The van der Waals surface area contributed by atoms with E-state index in [0.717, 1.165) is 57.1 Å². The number of amides is 2. The molecule has 32 heavy (non-hydrogen) atoms. The molecule has 1 saturated carbocycles. The van der Waals surface area contributed by atoms with Crippen LogP contribution in [0.1, 0.15) is 60.9 Å². The summed E-state index contributed by atoms with van der Waals surface area (Å²) in [6, 6.07) is 14.8. The maximum absolute atomic E-state index is 13.3. The summed E-state index contributed by atoms with van der Waals surface area (Å²) in [7, 11) is 1.58. The zero-order chi connectivity index (χ0) is 22.4. The highest BCUT2D eigenvalue weighted by Gasteiger charge is 2.41. The van der Waals surface area contributed by atoms with Crippen molar-refractivity contribution < 1.29 is 19.1 Å². The molecule has 2 fully saturated rings. The van der Waals surface area contributed by atoms with E-state index in [-0.39, 0.29) is 17.9 Å². The van der Waals surface area contributed by atoms with Crippen molar-refractivity contribution in [1.82, 2.24) is 5.32 Å². The number of ether oxygens (including phenoxy) is 2. The SMILES string of the molecule is COc1cccc(C(=O)Nc2ccc(C3(C(=O)NCC4CCCO4)CCCCC3)cc2)c1. The van der Waals surface area contributed by atoms with Crippen LogP contribution in [-0.2, 0) is 14.9 Å². The second-order valence-corrected chi connectivity index (χ2v) is 8.75. The number of carbonyl (C=O) groups excluding carboxylic acids is 2. The molecule has 0 radical (unpaired) electrons. The van der Waals surface area contributed by atoms with Gasteiger partial charge in [0.25, 0.3) is 5.91 Å². The van der Waals surface area contributed by atoms with Crippen molar-refractivity contribution >= 4 is 17.5 Å². The van der Waals surface area contributed by atoms with Crippen LogP contribution in [0.25, 0.3) is 0 Å². The fourth-order valence-electron chi connectivity index (χ4n) is 4.82. The lowest BCUT2D eigenvalue weighted by molar-refractivity contribution is -0.128. The highest BCUT2D eigenvalue weighted by atomic mass is 16.5. The van der Waals surface area contributed by atoms with Crippen LogP contribution in [0.5, 0.6) is 5.75 Å². The maximum atomic E-state index is 13.3. The number of hydrogen-bond acceptors (Lipinski definition) is 4. The number of nitrogens with one attached hydrogen (secondary N) is 2. The predicted octanol–water partition coefficient (Wildman–Crippen LogP) is 4.44. The Morgan fingerprint density at radius 3 is 2.53 bits per heavy atom. The second kappa shape index (κ2) is 10.2. The lowest BCUT2D eigenvalue weighted by Crippen LogP contribution is -2.47. The summed E-state index contributed by atoms with van der Waals surface area (Å²) in [6.45, 7) is 1.36. The first kappa shape index (κ1) is 22.3. The van der Waals surface area contributed by atoms with Gasteiger partial charge < -0.3 is 20.1 Å². The largest absolute Gasteiger partial charge is 0.497 e. The molecule has 0 bridgehead atoms. The van der Waals surface area contributed by atoms with Crippen LogP contribution in [0.3, 0.4) is 0 Å². The van der Waals surface area contributed by atoms with E-state index in [1.165, 1.54) is 0 Å². The second-order valence-electron chi connectivity index (χ2n) is 8.75. The minimum atomic E-state index is -0.508. The zero-order valence-electron chi connectivity index (χ0n) is 18.7. The van der Waals surface area contributed by atoms with Gasteiger partial charge in [0, 0.05) is 24.4 Å². The summed E-state index contributed by atoms with van der Waals surface area (Å²) in [5.41, 5.74) is 1.74. The Kier molecular flexibility index (Phi) is 7.10. The van der Waals surface area contributed by atoms with Gasteiger partial charge in [-0.05, 0) is 61.6 Å². The molecule has 2 amide bonds. The van der Waals surface area contributed by atoms with Crippen molar-refractivity contribution in [3.63, 3.8) is 0 Å². The van der Waals surface area contributed by atoms with Crippen LogP contribution in [0.15, 0.2) is 48.5 Å². The van der Waals surface area contributed by atoms with Crippen LogP contribution < -0.4 is 15.4 Å². The van der Waals surface area contributed by atoms with Crippen molar-refractivity contribution in [2.24, 2.45) is 0 Å². The molecule has 0 spiro atoms. The van der Waals surface area contributed by atoms with Crippen LogP contribution in [-0.4, -0.2) is 38.2 Å². The fraction of sp³-hybridized carbons (Fsp3) is 0.462. The van der Waals surface area contributed by atoms with Gasteiger partial charge in [-0.25, -0.2) is 0 Å². The smallest absolute Gasteiger partial charge is 0.255 e. The van der Waals surface area contributed by atoms with Crippen LogP contribution in [0.4, 0.5) is 5.69 Å². The van der Waals surface area contributed by atoms with Gasteiger partial charge in [0.05, 0.1) is 18.6 Å². The summed E-state index contributed by atoms with van der Waals surface area (Å²) in [5, 5.41) is 6.10. The van der Waals surface area contributed by atoms with Gasteiger partial charge >= 0.3 is 0 Å². The number of rotatable bonds is 7. The van der Waals surface area contributed by atoms with Gasteiger partial charge in [-0.1, -0.05) is 37.5 Å². The van der Waals surface area contributed by atoms with E-state index in [1.807, 2.05) is 24.3 Å². The number of benzene rings is 2. The Balaban J connectivity index is 1.46. The van der Waals surface area contributed by atoms with Gasteiger partial charge in [-0.15, -0.1) is 0 Å². The monoisotopic (exact) mass is 436 g/mol. The van der Waals surface area contributed by atoms with E-state index in [0.29, 0.717) is 23.5 Å². The first-order valence-corrected chi connectivity index (χ1v) is 11.6. The molecular formula is C26H32N2O4. The molecule has 170 valence electrons. The van der Waals surface area contributed by atoms with E-state index in [2.05, 4.69) is 10.6 Å². The average molecular weight is 437 g/mol. The molecule has 1 heterocycles. The first-order chi connectivity index (χ1) is 15.6. The molecule has 1 saturated heterocycles. The summed E-state index contributed by atoms with van der Waals surface area (Å²) in [4.78, 5) is 25.9. The van der Waals surface area contributed by atoms with Crippen molar-refractivity contribution in [2.75, 3.05) is 25.6 Å². The molecule has 1 unspecified atom stereocenters. The Bertz CT molecular complexity index is 929. The minimum absolute atomic E-state index is 0.0980. The Morgan fingerprint density at radius 1 is 1.06 bits per heavy atom. The van der Waals surface area contributed by atoms with Gasteiger partial charge in [-0.3, -0.25) is 9.59 Å². The summed E-state index contributed by atoms with van der Waals surface area (Å²) < 4.78 is 10.9. The highest BCUT2D eigenvalue weighted by Crippen LogP contribution is 2.40. The van der Waals surface area contributed by atoms with E-state index in [9.17, 15) is 9.59 Å². The number of anilines is 1. The van der Waals surface area contributed by atoms with Gasteiger partial charge in [0.2, 0.25) is 5.91 Å². The molecule has 1 aliphatic carbocycles. The normalized spacial score (nSPS) is 19.8. The van der Waals surface area contributed by atoms with Crippen LogP contribution in [0, 0.1) is 0 Å². The Labute approximate surface area is 189 Å². The van der Waals surface area contributed by atoms with Gasteiger partial charge in [0.1, 0.15) is 5.75 Å². The number of carbonyl (C=O) groups is 2. The van der Waals surface area contributed by atoms with Crippen molar-refractivity contribution in [2.45, 2.75) is 56.5 Å². The van der Waals surface area contributed by atoms with Crippen molar-refractivity contribution in [1.29, 1.82) is 0 Å². The van der Waals surface area contributed by atoms with Gasteiger partial charge in [0.15, 0.2) is 0 Å². The van der Waals surface area contributed by atoms with Gasteiger partial charge in [-0.2, -0.15) is 0 Å². The highest BCUT2D eigenvalue weighted by molar-refractivity contribution is 6.04. The van der Waals surface area contributed by atoms with Crippen LogP contribution in [0.2, 0.25) is 0 Å². The van der Waals surface area contributed by atoms with E-state index >= 15 is 0 Å². The van der Waals surface area contributed by atoms with E-state index < -0.39 is 5.41 Å². The van der Waals surface area contributed by atoms with Crippen molar-refractivity contribution in [3.8, 4) is 5.75 Å². The van der Waals surface area contributed by atoms with E-state index in [1.54, 1.807) is 31.4 Å². The zero-order valence-corrected chi connectivity index (χ0v) is 18.7. The standard InChI is InChI=1S/C26H32N2O4/c1-31-22-8-5-7-19(17-22)24(29)28-21-12-10-20(11-13-21)26(14-3-2-4-15-26)25(30)27-18-23-9-6-16-32-23/h5,7-8,10-13,17,23H,2-4,6,9,14-16,18H2,1H3,(H,27,30)(H,28,29). The third-order valence-electron chi connectivity index (χ3n) is 6.68. The molecule has 1 atom stereocenters. The molecule has 6 heteroatoms. The Hall–Kier alpha value is -2.86. The van der Waals surface area contributed by atoms with E-state index in [4.69, 9.17) is 9.47 Å². The molecule has 0 aromatic heterocycles. The minimum Gasteiger partial charge on any atom is -0.497 e. The third kappa shape index (κ3) is 4.96. The molecule has 1 aliphatic heterocycles. The third-order valence-corrected chi connectivity index (χ3v) is 6.68. The molecule has 2 N–H and O–H groups in total. The maximum Gasteiger partial charge on any atom is 0.255 e. The predicted molar refractivity (Wildman–Crippen MR) is 124 cm³/mol. The summed E-state index contributed by atoms with van der Waals surface area (Å²) in [5.74, 6) is 0.542. The first-order valence-electron chi connectivity index (χ1n) is 11.6. The molecule has 2 aromatic carbocycles. The number of hydrogen-bond donors (Lipinski definition) is 2. The lowest BCUT2D eigenvalue weighted by Gasteiger charge is -2.36. The average Bonchev–Trinajstić information content (AvgIpc) is 3.37. The topological polar surface area (TPSA) is 76.7 Å². The fourth-order valence-corrected chi connectivity index (χ4v) is 4.82. The number of methoxy groups -OCH3 is 1. The van der Waals surface area contributed by atoms with Crippen LogP contribution >= 0.6 is 0 Å². The summed E-state index contributed by atoms with van der Waals surface area (Å²) in [6.07, 6.45) is 7.15. The molecule has 6 nitrogen and oxygen atoms in total. The molecular weight excluding hydrogens is 404 g/mol. The lowest BCUT2D eigenvalue weighted by atomic mass is 9.68. The molecule has 2 aliphatic rings. The summed E-state index contributed by atoms with van der Waals surface area (Å²) >= 11 is 0. The quantitative estimate of drug-likeness (QED) is 0.673. The van der Waals surface area contributed by atoms with Crippen molar-refractivity contribution in [3.05, 3.63) is 59.7 Å². The molecule has 2 aromatic rings. The Morgan fingerprint density at radius 2 is 1.84 bits per heavy atom.